The van der Waals surface area contributed by atoms with Crippen molar-refractivity contribution in [1.29, 1.82) is 0 Å². The van der Waals surface area contributed by atoms with E-state index in [4.69, 9.17) is 9.84 Å². The summed E-state index contributed by atoms with van der Waals surface area (Å²) in [7, 11) is 0. The number of nitrogens with zero attached hydrogens (tertiary/aromatic N) is 1. The molecule has 150 valence electrons. The number of carbonyl (C=O) groups excluding carboxylic acids is 2. The maximum Gasteiger partial charge on any atom is 0.407 e. The number of hydrogen-bond acceptors (Lipinski definition) is 4. The lowest BCUT2D eigenvalue weighted by Gasteiger charge is -2.17. The van der Waals surface area contributed by atoms with Crippen LogP contribution in [-0.2, 0) is 14.3 Å². The summed E-state index contributed by atoms with van der Waals surface area (Å²) >= 11 is 0. The molecule has 1 atom stereocenters. The molecule has 0 spiro atoms. The molecule has 1 fully saturated rings. The molecule has 0 saturated carbocycles. The van der Waals surface area contributed by atoms with Crippen LogP contribution < -0.4 is 5.32 Å². The van der Waals surface area contributed by atoms with Crippen LogP contribution in [0.3, 0.4) is 0 Å². The highest BCUT2D eigenvalue weighted by molar-refractivity contribution is 5.83. The summed E-state index contributed by atoms with van der Waals surface area (Å²) in [5.41, 5.74) is 4.53. The first-order valence-corrected chi connectivity index (χ1v) is 9.64. The minimum absolute atomic E-state index is 0.0428. The fourth-order valence-electron chi connectivity index (χ4n) is 4.10. The molecule has 29 heavy (non-hydrogen) atoms. The molecule has 0 radical (unpaired) electrons. The average Bonchev–Trinajstić information content (AvgIpc) is 3.34. The second kappa shape index (κ2) is 7.95. The molecule has 2 aliphatic rings. The smallest absolute Gasteiger partial charge is 0.407 e. The van der Waals surface area contributed by atoms with Gasteiger partial charge in [0.15, 0.2) is 0 Å². The van der Waals surface area contributed by atoms with E-state index in [-0.39, 0.29) is 31.5 Å². The van der Waals surface area contributed by atoms with Crippen LogP contribution in [0.5, 0.6) is 0 Å². The van der Waals surface area contributed by atoms with E-state index < -0.39 is 18.0 Å². The van der Waals surface area contributed by atoms with Crippen molar-refractivity contribution in [2.45, 2.75) is 12.3 Å². The summed E-state index contributed by atoms with van der Waals surface area (Å²) in [6.07, 6.45) is -0.222. The maximum atomic E-state index is 12.2. The molecular weight excluding hydrogens is 372 g/mol. The van der Waals surface area contributed by atoms with Gasteiger partial charge in [0, 0.05) is 19.0 Å². The summed E-state index contributed by atoms with van der Waals surface area (Å²) < 4.78 is 5.40. The fourth-order valence-corrected chi connectivity index (χ4v) is 4.10. The number of ether oxygens (including phenoxy) is 1. The van der Waals surface area contributed by atoms with Gasteiger partial charge in [-0.3, -0.25) is 9.59 Å². The Bertz CT molecular complexity index is 912. The minimum Gasteiger partial charge on any atom is -0.481 e. The van der Waals surface area contributed by atoms with E-state index in [1.165, 1.54) is 4.90 Å². The molecule has 1 heterocycles. The Kier molecular flexibility index (Phi) is 5.20. The van der Waals surface area contributed by atoms with E-state index in [1.807, 2.05) is 36.4 Å². The second-order valence-electron chi connectivity index (χ2n) is 7.34. The van der Waals surface area contributed by atoms with Gasteiger partial charge in [-0.25, -0.2) is 4.79 Å². The van der Waals surface area contributed by atoms with E-state index in [0.29, 0.717) is 13.0 Å². The van der Waals surface area contributed by atoms with Gasteiger partial charge in [0.05, 0.1) is 5.92 Å². The van der Waals surface area contributed by atoms with E-state index in [2.05, 4.69) is 17.4 Å². The third-order valence-corrected chi connectivity index (χ3v) is 5.62. The Morgan fingerprint density at radius 1 is 1.03 bits per heavy atom. The van der Waals surface area contributed by atoms with Gasteiger partial charge in [0.2, 0.25) is 5.91 Å². The lowest BCUT2D eigenvalue weighted by molar-refractivity contribution is -0.141. The van der Waals surface area contributed by atoms with Gasteiger partial charge in [0.25, 0.3) is 0 Å². The molecule has 7 heteroatoms. The number of carbonyl (C=O) groups is 3. The highest BCUT2D eigenvalue weighted by atomic mass is 16.5. The predicted molar refractivity (Wildman–Crippen MR) is 105 cm³/mol. The third kappa shape index (κ3) is 3.81. The van der Waals surface area contributed by atoms with Gasteiger partial charge in [-0.1, -0.05) is 48.5 Å². The number of carboxylic acids is 1. The Labute approximate surface area is 168 Å². The molecule has 7 nitrogen and oxygen atoms in total. The molecule has 2 N–H and O–H groups in total. The Morgan fingerprint density at radius 3 is 2.24 bits per heavy atom. The number of likely N-dealkylation sites (tertiary alicyclic amines) is 1. The van der Waals surface area contributed by atoms with Crippen LogP contribution in [0.1, 0.15) is 23.5 Å². The quantitative estimate of drug-likeness (QED) is 0.812. The Balaban J connectivity index is 1.31. The van der Waals surface area contributed by atoms with Gasteiger partial charge in [0.1, 0.15) is 13.2 Å². The van der Waals surface area contributed by atoms with Crippen molar-refractivity contribution in [3.05, 3.63) is 59.7 Å². The molecule has 2 aromatic rings. The van der Waals surface area contributed by atoms with Gasteiger partial charge in [-0.2, -0.15) is 0 Å². The zero-order chi connectivity index (χ0) is 20.4. The molecule has 4 rings (SSSR count). The minimum atomic E-state index is -0.898. The van der Waals surface area contributed by atoms with Crippen molar-refractivity contribution in [2.75, 3.05) is 26.2 Å². The molecule has 0 bridgehead atoms. The zero-order valence-electron chi connectivity index (χ0n) is 15.8. The molecule has 1 aliphatic carbocycles. The van der Waals surface area contributed by atoms with Crippen LogP contribution in [0.15, 0.2) is 48.5 Å². The van der Waals surface area contributed by atoms with Gasteiger partial charge in [-0.15, -0.1) is 0 Å². The first-order valence-electron chi connectivity index (χ1n) is 9.64. The number of alkyl carbamates (subject to hydrolysis) is 1. The van der Waals surface area contributed by atoms with Gasteiger partial charge >= 0.3 is 12.1 Å². The summed E-state index contributed by atoms with van der Waals surface area (Å²) in [5.74, 6) is -1.78. The van der Waals surface area contributed by atoms with Crippen LogP contribution in [0, 0.1) is 5.92 Å². The normalized spacial score (nSPS) is 17.5. The Hall–Kier alpha value is -3.35. The van der Waals surface area contributed by atoms with E-state index in [1.54, 1.807) is 0 Å². The average molecular weight is 394 g/mol. The van der Waals surface area contributed by atoms with Crippen LogP contribution in [-0.4, -0.2) is 54.2 Å². The zero-order valence-corrected chi connectivity index (χ0v) is 15.8. The van der Waals surface area contributed by atoms with E-state index in [9.17, 15) is 14.4 Å². The topological polar surface area (TPSA) is 95.9 Å². The lowest BCUT2D eigenvalue weighted by atomic mass is 9.98. The van der Waals surface area contributed by atoms with Gasteiger partial charge < -0.3 is 20.1 Å². The standard InChI is InChI=1S/C22H22N2O5/c25-20(24-10-9-14(12-24)21(26)27)11-23-22(28)29-13-19-17-7-3-1-5-15(17)16-6-2-4-8-18(16)19/h1-8,14,19H,9-13H2,(H,23,28)(H,26,27). The summed E-state index contributed by atoms with van der Waals surface area (Å²) in [5, 5.41) is 11.5. The highest BCUT2D eigenvalue weighted by Gasteiger charge is 2.31. The van der Waals surface area contributed by atoms with Crippen molar-refractivity contribution in [2.24, 2.45) is 5.92 Å². The number of benzene rings is 2. The number of aliphatic carboxylic acids is 1. The maximum absolute atomic E-state index is 12.2. The molecule has 0 aromatic heterocycles. The molecule has 1 aliphatic heterocycles. The SMILES string of the molecule is O=C(NCC(=O)N1CCC(C(=O)O)C1)OCC1c2ccccc2-c2ccccc21. The molecule has 2 amide bonds. The number of hydrogen-bond donors (Lipinski definition) is 2. The van der Waals surface area contributed by atoms with E-state index in [0.717, 1.165) is 22.3 Å². The van der Waals surface area contributed by atoms with Crippen molar-refractivity contribution >= 4 is 18.0 Å². The second-order valence-corrected chi connectivity index (χ2v) is 7.34. The number of fused-ring (bicyclic) bond motifs is 3. The Morgan fingerprint density at radius 2 is 1.66 bits per heavy atom. The first-order chi connectivity index (χ1) is 14.0. The van der Waals surface area contributed by atoms with Crippen molar-refractivity contribution in [3.63, 3.8) is 0 Å². The molecule has 2 aromatic carbocycles. The van der Waals surface area contributed by atoms with Crippen LogP contribution in [0.4, 0.5) is 4.79 Å². The largest absolute Gasteiger partial charge is 0.481 e. The third-order valence-electron chi connectivity index (χ3n) is 5.62. The molecule has 1 unspecified atom stereocenters. The fraction of sp³-hybridized carbons (Fsp3) is 0.318. The summed E-state index contributed by atoms with van der Waals surface area (Å²) in [6, 6.07) is 16.1. The van der Waals surface area contributed by atoms with Crippen LogP contribution >= 0.6 is 0 Å². The predicted octanol–water partition coefficient (Wildman–Crippen LogP) is 2.46. The van der Waals surface area contributed by atoms with Crippen LogP contribution in [0.25, 0.3) is 11.1 Å². The first kappa shape index (κ1) is 19.0. The highest BCUT2D eigenvalue weighted by Crippen LogP contribution is 2.44. The summed E-state index contributed by atoms with van der Waals surface area (Å²) in [6.45, 7) is 0.546. The number of nitrogens with one attached hydrogen (secondary N) is 1. The monoisotopic (exact) mass is 394 g/mol. The van der Waals surface area contributed by atoms with Crippen molar-refractivity contribution in [3.8, 4) is 11.1 Å². The number of rotatable bonds is 5. The molecular formula is C22H22N2O5. The number of carboxylic acid groups (broad SMARTS) is 1. The van der Waals surface area contributed by atoms with E-state index >= 15 is 0 Å². The van der Waals surface area contributed by atoms with Crippen molar-refractivity contribution in [1.82, 2.24) is 10.2 Å². The van der Waals surface area contributed by atoms with Crippen LogP contribution in [0.2, 0.25) is 0 Å². The van der Waals surface area contributed by atoms with Crippen molar-refractivity contribution < 1.29 is 24.2 Å². The lowest BCUT2D eigenvalue weighted by Crippen LogP contribution is -2.39. The summed E-state index contributed by atoms with van der Waals surface area (Å²) in [4.78, 5) is 36.7. The van der Waals surface area contributed by atoms with Gasteiger partial charge in [-0.05, 0) is 28.7 Å². The number of amides is 2. The molecule has 1 saturated heterocycles.